The summed E-state index contributed by atoms with van der Waals surface area (Å²) in [6.45, 7) is 2.28. The zero-order chi connectivity index (χ0) is 27.7. The molecule has 6 heteroatoms. The van der Waals surface area contributed by atoms with Gasteiger partial charge in [-0.05, 0) is 43.5 Å². The van der Waals surface area contributed by atoms with Crippen LogP contribution >= 0.6 is 0 Å². The lowest BCUT2D eigenvalue weighted by molar-refractivity contribution is -0.134. The molecule has 0 unspecified atom stereocenters. The Bertz CT molecular complexity index is 830. The molecule has 0 radical (unpaired) electrons. The first-order valence-corrected chi connectivity index (χ1v) is 16.8. The van der Waals surface area contributed by atoms with Crippen LogP contribution in [0.2, 0.25) is 0 Å². The van der Waals surface area contributed by atoms with E-state index in [9.17, 15) is 13.2 Å². The highest BCUT2D eigenvalue weighted by Crippen LogP contribution is 2.17. The molecule has 0 amide bonds. The van der Waals surface area contributed by atoms with Crippen molar-refractivity contribution in [1.82, 2.24) is 0 Å². The Kier molecular flexibility index (Phi) is 21.0. The van der Waals surface area contributed by atoms with E-state index < -0.39 is 10.1 Å². The molecule has 1 N–H and O–H groups in total. The lowest BCUT2D eigenvalue weighted by Gasteiger charge is -2.04. The van der Waals surface area contributed by atoms with Gasteiger partial charge in [-0.3, -0.25) is 9.35 Å². The van der Waals surface area contributed by atoms with Crippen molar-refractivity contribution < 1.29 is 22.5 Å². The third kappa shape index (κ3) is 20.3. The van der Waals surface area contributed by atoms with Crippen molar-refractivity contribution in [1.29, 1.82) is 0 Å². The van der Waals surface area contributed by atoms with E-state index >= 15 is 0 Å². The van der Waals surface area contributed by atoms with Crippen molar-refractivity contribution in [2.24, 2.45) is 0 Å². The second-order valence-corrected chi connectivity index (χ2v) is 12.0. The number of esters is 1. The first-order chi connectivity index (χ1) is 18.4. The second-order valence-electron chi connectivity index (χ2n) is 10.6. The Hall–Kier alpha value is -1.66. The quantitative estimate of drug-likeness (QED) is 0.0430. The van der Waals surface area contributed by atoms with Gasteiger partial charge in [0.1, 0.15) is 5.75 Å². The molecule has 0 bridgehead atoms. The van der Waals surface area contributed by atoms with Gasteiger partial charge in [0.2, 0.25) is 0 Å². The van der Waals surface area contributed by atoms with E-state index in [2.05, 4.69) is 13.0 Å². The van der Waals surface area contributed by atoms with E-state index in [4.69, 9.17) is 9.29 Å². The van der Waals surface area contributed by atoms with Crippen molar-refractivity contribution in [2.45, 2.75) is 153 Å². The molecular weight excluding hydrogens is 496 g/mol. The molecule has 0 fully saturated rings. The zero-order valence-corrected chi connectivity index (χ0v) is 24.8. The summed E-state index contributed by atoms with van der Waals surface area (Å²) in [4.78, 5) is 11.7. The zero-order valence-electron chi connectivity index (χ0n) is 24.0. The molecule has 0 saturated heterocycles. The predicted molar refractivity (Wildman–Crippen MR) is 158 cm³/mol. The molecule has 0 aliphatic heterocycles. The van der Waals surface area contributed by atoms with Gasteiger partial charge in [-0.15, -0.1) is 0 Å². The number of hydrogen-bond donors (Lipinski definition) is 1. The Morgan fingerprint density at radius 3 is 1.47 bits per heavy atom. The van der Waals surface area contributed by atoms with Crippen molar-refractivity contribution >= 4 is 16.1 Å². The summed E-state index contributed by atoms with van der Waals surface area (Å²) in [5.41, 5.74) is 0. The monoisotopic (exact) mass is 550 g/mol. The fourth-order valence-electron chi connectivity index (χ4n) is 4.64. The number of ether oxygens (including phenoxy) is 1. The maximum absolute atomic E-state index is 11.9. The van der Waals surface area contributed by atoms with Crippen LogP contribution in [-0.4, -0.2) is 18.9 Å². The lowest BCUT2D eigenvalue weighted by atomic mass is 10.0. The van der Waals surface area contributed by atoms with Crippen molar-refractivity contribution in [3.8, 4) is 5.75 Å². The van der Waals surface area contributed by atoms with Gasteiger partial charge in [0.05, 0.1) is 4.90 Å². The van der Waals surface area contributed by atoms with E-state index in [0.29, 0.717) is 6.42 Å². The van der Waals surface area contributed by atoms with Crippen molar-refractivity contribution in [3.63, 3.8) is 0 Å². The molecule has 218 valence electrons. The minimum Gasteiger partial charge on any atom is -0.427 e. The van der Waals surface area contributed by atoms with Gasteiger partial charge < -0.3 is 4.74 Å². The van der Waals surface area contributed by atoms with E-state index in [0.717, 1.165) is 6.42 Å². The number of unbranched alkanes of at least 4 members (excludes halogenated alkanes) is 19. The first-order valence-electron chi connectivity index (χ1n) is 15.4. The molecule has 1 rings (SSSR count). The van der Waals surface area contributed by atoms with Gasteiger partial charge >= 0.3 is 5.97 Å². The van der Waals surface area contributed by atoms with Gasteiger partial charge in [0.25, 0.3) is 10.1 Å². The van der Waals surface area contributed by atoms with Crippen LogP contribution in [-0.2, 0) is 14.9 Å². The van der Waals surface area contributed by atoms with Gasteiger partial charge in [0.15, 0.2) is 0 Å². The molecule has 1 aromatic carbocycles. The topological polar surface area (TPSA) is 80.7 Å². The number of carbonyl (C=O) groups is 1. The fourth-order valence-corrected chi connectivity index (χ4v) is 5.12. The van der Waals surface area contributed by atoms with Crippen LogP contribution in [0.25, 0.3) is 0 Å². The summed E-state index contributed by atoms with van der Waals surface area (Å²) in [5.74, 6) is -0.0989. The predicted octanol–water partition coefficient (Wildman–Crippen LogP) is 10.00. The van der Waals surface area contributed by atoms with E-state index in [1.165, 1.54) is 146 Å². The Labute approximate surface area is 233 Å². The van der Waals surface area contributed by atoms with Gasteiger partial charge in [0, 0.05) is 6.42 Å². The van der Waals surface area contributed by atoms with Crippen LogP contribution in [0.15, 0.2) is 41.3 Å². The SMILES string of the molecule is CCCCCCCCCCCCCCCCCCCCCC=CCCC(=O)Oc1ccc(S(=O)(=O)O)cc1. The molecule has 5 nitrogen and oxygen atoms in total. The smallest absolute Gasteiger partial charge is 0.311 e. The van der Waals surface area contributed by atoms with Crippen LogP contribution in [0.1, 0.15) is 148 Å². The van der Waals surface area contributed by atoms with Gasteiger partial charge in [-0.25, -0.2) is 0 Å². The Morgan fingerprint density at radius 2 is 1.05 bits per heavy atom. The van der Waals surface area contributed by atoms with E-state index in [1.54, 1.807) is 0 Å². The molecule has 1 aromatic rings. The van der Waals surface area contributed by atoms with Crippen molar-refractivity contribution in [3.05, 3.63) is 36.4 Å². The summed E-state index contributed by atoms with van der Waals surface area (Å²) in [6, 6.07) is 5.13. The Balaban J connectivity index is 1.83. The standard InChI is InChI=1S/C32H54O5S/c1-2-3-4-5-6-7-8-9-10-11-12-13-14-15-16-17-18-19-20-21-22-23-24-25-32(33)37-30-26-28-31(29-27-30)38(34,35)36/h22-23,26-29H,2-21,24-25H2,1H3,(H,34,35,36). The number of allylic oxidation sites excluding steroid dienone is 2. The fraction of sp³-hybridized carbons (Fsp3) is 0.719. The minimum atomic E-state index is -4.24. The highest BCUT2D eigenvalue weighted by atomic mass is 32.2. The van der Waals surface area contributed by atoms with E-state index in [-0.39, 0.29) is 23.0 Å². The number of rotatable bonds is 25. The molecule has 38 heavy (non-hydrogen) atoms. The van der Waals surface area contributed by atoms with Crippen LogP contribution < -0.4 is 4.74 Å². The highest BCUT2D eigenvalue weighted by Gasteiger charge is 2.10. The van der Waals surface area contributed by atoms with E-state index in [1.807, 2.05) is 6.08 Å². The average molecular weight is 551 g/mol. The summed E-state index contributed by atoms with van der Waals surface area (Å²) in [7, 11) is -4.24. The van der Waals surface area contributed by atoms with Crippen LogP contribution in [0.4, 0.5) is 0 Å². The van der Waals surface area contributed by atoms with Crippen LogP contribution in [0, 0.1) is 0 Å². The minimum absolute atomic E-state index is 0.227. The molecule has 0 atom stereocenters. The van der Waals surface area contributed by atoms with Crippen LogP contribution in [0.5, 0.6) is 5.75 Å². The normalized spacial score (nSPS) is 11.8. The third-order valence-corrected chi connectivity index (χ3v) is 7.88. The molecule has 0 aliphatic rings. The number of hydrogen-bond acceptors (Lipinski definition) is 4. The second kappa shape index (κ2) is 23.2. The summed E-state index contributed by atoms with van der Waals surface area (Å²) >= 11 is 0. The van der Waals surface area contributed by atoms with Gasteiger partial charge in [-0.2, -0.15) is 8.42 Å². The van der Waals surface area contributed by atoms with Gasteiger partial charge in [-0.1, -0.05) is 135 Å². The summed E-state index contributed by atoms with van der Waals surface area (Å²) in [6.07, 6.45) is 32.5. The molecule has 0 aromatic heterocycles. The Morgan fingerprint density at radius 1 is 0.658 bits per heavy atom. The summed E-state index contributed by atoms with van der Waals surface area (Å²) < 4.78 is 36.2. The third-order valence-electron chi connectivity index (χ3n) is 7.01. The summed E-state index contributed by atoms with van der Waals surface area (Å²) in [5, 5.41) is 0. The molecule has 0 spiro atoms. The molecule has 0 heterocycles. The molecular formula is C32H54O5S. The lowest BCUT2D eigenvalue weighted by Crippen LogP contribution is -2.07. The average Bonchev–Trinajstić information content (AvgIpc) is 2.89. The number of carbonyl (C=O) groups excluding carboxylic acids is 1. The van der Waals surface area contributed by atoms with Crippen LogP contribution in [0.3, 0.4) is 0 Å². The number of benzene rings is 1. The van der Waals surface area contributed by atoms with Crippen molar-refractivity contribution in [2.75, 3.05) is 0 Å². The first kappa shape index (κ1) is 34.4. The maximum Gasteiger partial charge on any atom is 0.311 e. The molecule has 0 saturated carbocycles. The highest BCUT2D eigenvalue weighted by molar-refractivity contribution is 7.85. The molecule has 0 aliphatic carbocycles. The maximum atomic E-state index is 11.9. The largest absolute Gasteiger partial charge is 0.427 e.